The van der Waals surface area contributed by atoms with Crippen LogP contribution in [0.15, 0.2) is 34.8 Å². The van der Waals surface area contributed by atoms with Gasteiger partial charge < -0.3 is 18.9 Å². The summed E-state index contributed by atoms with van der Waals surface area (Å²) in [4.78, 5) is 24.1. The highest BCUT2D eigenvalue weighted by Crippen LogP contribution is 2.36. The molecule has 0 saturated heterocycles. The van der Waals surface area contributed by atoms with Gasteiger partial charge in [0.15, 0.2) is 17.3 Å². The molecule has 0 aliphatic carbocycles. The molecule has 0 unspecified atom stereocenters. The van der Waals surface area contributed by atoms with E-state index in [0.29, 0.717) is 45.0 Å². The maximum atomic E-state index is 12.5. The molecule has 0 bridgehead atoms. The second-order valence-electron chi connectivity index (χ2n) is 5.58. The molecule has 7 heteroatoms. The summed E-state index contributed by atoms with van der Waals surface area (Å²) < 4.78 is 22.1. The first kappa shape index (κ1) is 20.8. The fourth-order valence-electron chi connectivity index (χ4n) is 2.48. The minimum Gasteiger partial charge on any atom is -0.496 e. The van der Waals surface area contributed by atoms with E-state index in [1.165, 1.54) is 21.1 Å². The standard InChI is InChI=1S/C20H21BrO6/c1-5-26-18-10-14(9-16(21)19(18)25-4)20(23)27-11-15-8-13(12(2)22)6-7-17(15)24-3/h6-10H,5,11H2,1-4H3. The first-order valence-electron chi connectivity index (χ1n) is 8.26. The zero-order valence-electron chi connectivity index (χ0n) is 15.6. The molecule has 2 aromatic rings. The zero-order valence-corrected chi connectivity index (χ0v) is 17.2. The molecule has 0 aliphatic heterocycles. The van der Waals surface area contributed by atoms with Gasteiger partial charge in [0, 0.05) is 11.1 Å². The van der Waals surface area contributed by atoms with Gasteiger partial charge >= 0.3 is 5.97 Å². The minimum absolute atomic E-state index is 0.0310. The lowest BCUT2D eigenvalue weighted by Crippen LogP contribution is -2.08. The summed E-state index contributed by atoms with van der Waals surface area (Å²) in [6.07, 6.45) is 0. The van der Waals surface area contributed by atoms with Crippen molar-refractivity contribution >= 4 is 27.7 Å². The molecular weight excluding hydrogens is 416 g/mol. The topological polar surface area (TPSA) is 71.1 Å². The number of Topliss-reactive ketones (excluding diaryl/α,β-unsaturated/α-hetero) is 1. The van der Waals surface area contributed by atoms with Gasteiger partial charge in [0.25, 0.3) is 0 Å². The summed E-state index contributed by atoms with van der Waals surface area (Å²) in [5, 5.41) is 0. The largest absolute Gasteiger partial charge is 0.496 e. The van der Waals surface area contributed by atoms with Crippen molar-refractivity contribution in [3.8, 4) is 17.2 Å². The number of hydrogen-bond donors (Lipinski definition) is 0. The van der Waals surface area contributed by atoms with Gasteiger partial charge in [-0.2, -0.15) is 0 Å². The van der Waals surface area contributed by atoms with Crippen molar-refractivity contribution in [1.29, 1.82) is 0 Å². The van der Waals surface area contributed by atoms with Gasteiger partial charge in [-0.15, -0.1) is 0 Å². The van der Waals surface area contributed by atoms with Crippen LogP contribution in [0.2, 0.25) is 0 Å². The second kappa shape index (κ2) is 9.41. The molecule has 144 valence electrons. The monoisotopic (exact) mass is 436 g/mol. The Kier molecular flexibility index (Phi) is 7.24. The van der Waals surface area contributed by atoms with Crippen LogP contribution in [0.3, 0.4) is 0 Å². The van der Waals surface area contributed by atoms with Crippen LogP contribution in [-0.4, -0.2) is 32.6 Å². The average Bonchev–Trinajstić information content (AvgIpc) is 2.65. The fraction of sp³-hybridized carbons (Fsp3) is 0.300. The zero-order chi connectivity index (χ0) is 20.0. The number of esters is 1. The number of halogens is 1. The van der Waals surface area contributed by atoms with Crippen molar-refractivity contribution in [1.82, 2.24) is 0 Å². The van der Waals surface area contributed by atoms with E-state index in [1.807, 2.05) is 6.92 Å². The van der Waals surface area contributed by atoms with E-state index in [0.717, 1.165) is 0 Å². The molecular formula is C20H21BrO6. The Morgan fingerprint density at radius 1 is 1.00 bits per heavy atom. The maximum Gasteiger partial charge on any atom is 0.338 e. The predicted octanol–water partition coefficient (Wildman–Crippen LogP) is 4.42. The van der Waals surface area contributed by atoms with E-state index in [9.17, 15) is 9.59 Å². The third-order valence-corrected chi connectivity index (χ3v) is 4.38. The molecule has 0 saturated carbocycles. The number of carbonyl (C=O) groups excluding carboxylic acids is 2. The third-order valence-electron chi connectivity index (χ3n) is 3.79. The Hall–Kier alpha value is -2.54. The number of carbonyl (C=O) groups is 2. The molecule has 0 radical (unpaired) electrons. The molecule has 0 heterocycles. The summed E-state index contributed by atoms with van der Waals surface area (Å²) >= 11 is 3.37. The van der Waals surface area contributed by atoms with Gasteiger partial charge in [-0.05, 0) is 60.1 Å². The number of ketones is 1. The number of hydrogen-bond acceptors (Lipinski definition) is 6. The van der Waals surface area contributed by atoms with Crippen molar-refractivity contribution in [2.45, 2.75) is 20.5 Å². The molecule has 0 atom stereocenters. The van der Waals surface area contributed by atoms with Gasteiger partial charge in [-0.25, -0.2) is 4.79 Å². The highest BCUT2D eigenvalue weighted by atomic mass is 79.9. The second-order valence-corrected chi connectivity index (χ2v) is 6.44. The van der Waals surface area contributed by atoms with Gasteiger partial charge in [0.2, 0.25) is 0 Å². The number of rotatable bonds is 8. The summed E-state index contributed by atoms with van der Waals surface area (Å²) in [6, 6.07) is 8.17. The Balaban J connectivity index is 2.23. The molecule has 2 aromatic carbocycles. The van der Waals surface area contributed by atoms with Crippen LogP contribution >= 0.6 is 15.9 Å². The molecule has 0 spiro atoms. The number of methoxy groups -OCH3 is 2. The van der Waals surface area contributed by atoms with E-state index in [1.54, 1.807) is 30.3 Å². The first-order valence-corrected chi connectivity index (χ1v) is 9.05. The van der Waals surface area contributed by atoms with E-state index >= 15 is 0 Å². The molecule has 2 rings (SSSR count). The van der Waals surface area contributed by atoms with Crippen LogP contribution in [0.1, 0.15) is 40.1 Å². The first-order chi connectivity index (χ1) is 12.9. The van der Waals surface area contributed by atoms with Crippen molar-refractivity contribution in [2.75, 3.05) is 20.8 Å². The van der Waals surface area contributed by atoms with E-state index in [2.05, 4.69) is 15.9 Å². The number of ether oxygens (including phenoxy) is 4. The van der Waals surface area contributed by atoms with Crippen LogP contribution < -0.4 is 14.2 Å². The lowest BCUT2D eigenvalue weighted by atomic mass is 10.1. The minimum atomic E-state index is -0.533. The summed E-state index contributed by atoms with van der Waals surface area (Å²) in [7, 11) is 3.04. The van der Waals surface area contributed by atoms with E-state index in [-0.39, 0.29) is 12.4 Å². The third kappa shape index (κ3) is 5.01. The molecule has 6 nitrogen and oxygen atoms in total. The maximum absolute atomic E-state index is 12.5. The SMILES string of the molecule is CCOc1cc(C(=O)OCc2cc(C(C)=O)ccc2OC)cc(Br)c1OC. The smallest absolute Gasteiger partial charge is 0.338 e. The lowest BCUT2D eigenvalue weighted by molar-refractivity contribution is 0.0469. The normalized spacial score (nSPS) is 10.3. The summed E-state index contributed by atoms with van der Waals surface area (Å²) in [5.74, 6) is 0.876. The van der Waals surface area contributed by atoms with Gasteiger partial charge in [0.05, 0.1) is 30.9 Å². The summed E-state index contributed by atoms with van der Waals surface area (Å²) in [5.41, 5.74) is 1.44. The van der Waals surface area contributed by atoms with Gasteiger partial charge in [0.1, 0.15) is 12.4 Å². The molecule has 0 aromatic heterocycles. The molecule has 0 amide bonds. The Labute approximate surface area is 166 Å². The van der Waals surface area contributed by atoms with Crippen LogP contribution in [0.25, 0.3) is 0 Å². The van der Waals surface area contributed by atoms with Crippen LogP contribution in [0.5, 0.6) is 17.2 Å². The Morgan fingerprint density at radius 3 is 2.33 bits per heavy atom. The average molecular weight is 437 g/mol. The van der Waals surface area contributed by atoms with Crippen molar-refractivity contribution in [3.05, 3.63) is 51.5 Å². The van der Waals surface area contributed by atoms with Crippen molar-refractivity contribution in [3.63, 3.8) is 0 Å². The highest BCUT2D eigenvalue weighted by Gasteiger charge is 2.17. The van der Waals surface area contributed by atoms with E-state index in [4.69, 9.17) is 18.9 Å². The van der Waals surface area contributed by atoms with Crippen molar-refractivity contribution < 1.29 is 28.5 Å². The lowest BCUT2D eigenvalue weighted by Gasteiger charge is -2.14. The molecule has 27 heavy (non-hydrogen) atoms. The Bertz CT molecular complexity index is 847. The van der Waals surface area contributed by atoms with Crippen LogP contribution in [0, 0.1) is 0 Å². The van der Waals surface area contributed by atoms with Crippen LogP contribution in [0.4, 0.5) is 0 Å². The summed E-state index contributed by atoms with van der Waals surface area (Å²) in [6.45, 7) is 3.71. The molecule has 0 N–H and O–H groups in total. The van der Waals surface area contributed by atoms with E-state index < -0.39 is 5.97 Å². The Morgan fingerprint density at radius 2 is 1.74 bits per heavy atom. The van der Waals surface area contributed by atoms with Gasteiger partial charge in [-0.1, -0.05) is 0 Å². The van der Waals surface area contributed by atoms with Crippen LogP contribution in [-0.2, 0) is 11.3 Å². The fourth-order valence-corrected chi connectivity index (χ4v) is 3.09. The van der Waals surface area contributed by atoms with Crippen molar-refractivity contribution in [2.24, 2.45) is 0 Å². The highest BCUT2D eigenvalue weighted by molar-refractivity contribution is 9.10. The molecule has 0 fully saturated rings. The number of benzene rings is 2. The van der Waals surface area contributed by atoms with Gasteiger partial charge in [-0.3, -0.25) is 4.79 Å². The molecule has 0 aliphatic rings. The quantitative estimate of drug-likeness (QED) is 0.450. The predicted molar refractivity (Wildman–Crippen MR) is 104 cm³/mol.